The van der Waals surface area contributed by atoms with Crippen LogP contribution in [0.1, 0.15) is 62.0 Å². The first-order valence-corrected chi connectivity index (χ1v) is 9.31. The summed E-state index contributed by atoms with van der Waals surface area (Å²) < 4.78 is 28.7. The van der Waals surface area contributed by atoms with Crippen LogP contribution in [0.4, 0.5) is 13.6 Å². The van der Waals surface area contributed by atoms with Crippen LogP contribution in [0.2, 0.25) is 0 Å². The monoisotopic (exact) mass is 379 g/mol. The number of hydrogen-bond donors (Lipinski definition) is 3. The fraction of sp³-hybridized carbons (Fsp3) is 0.611. The van der Waals surface area contributed by atoms with Gasteiger partial charge in [0, 0.05) is 25.2 Å². The van der Waals surface area contributed by atoms with Gasteiger partial charge in [-0.25, -0.2) is 23.5 Å². The molecule has 2 aromatic rings. The molecule has 7 nitrogen and oxygen atoms in total. The maximum atomic E-state index is 13.5. The van der Waals surface area contributed by atoms with Crippen molar-refractivity contribution in [2.75, 3.05) is 0 Å². The molecule has 4 N–H and O–H groups in total. The summed E-state index contributed by atoms with van der Waals surface area (Å²) in [6, 6.07) is 1.09. The fourth-order valence-electron chi connectivity index (χ4n) is 3.90. The van der Waals surface area contributed by atoms with Crippen molar-refractivity contribution in [1.29, 1.82) is 0 Å². The molecular formula is C18H23F2N5O2. The lowest BCUT2D eigenvalue weighted by Crippen LogP contribution is -2.36. The zero-order valence-electron chi connectivity index (χ0n) is 14.8. The lowest BCUT2D eigenvalue weighted by molar-refractivity contribution is -0.0495. The summed E-state index contributed by atoms with van der Waals surface area (Å²) in [5.74, 6) is -1.99. The van der Waals surface area contributed by atoms with Gasteiger partial charge in [-0.3, -0.25) is 4.40 Å². The summed E-state index contributed by atoms with van der Waals surface area (Å²) in [6.45, 7) is 0. The number of hydrogen-bond acceptors (Lipinski definition) is 4. The van der Waals surface area contributed by atoms with Crippen LogP contribution in [0.3, 0.4) is 0 Å². The Morgan fingerprint density at radius 3 is 2.52 bits per heavy atom. The maximum Gasteiger partial charge on any atom is 0.405 e. The smallest absolute Gasteiger partial charge is 0.405 e. The number of amides is 1. The highest BCUT2D eigenvalue weighted by Crippen LogP contribution is 2.41. The number of rotatable bonds is 5. The van der Waals surface area contributed by atoms with E-state index in [1.54, 1.807) is 10.6 Å². The normalized spacial score (nSPS) is 22.5. The number of carboxylic acid groups (broad SMARTS) is 1. The van der Waals surface area contributed by atoms with Crippen LogP contribution in [-0.4, -0.2) is 31.5 Å². The number of halogens is 2. The third-order valence-corrected chi connectivity index (χ3v) is 5.67. The second-order valence-corrected chi connectivity index (χ2v) is 7.71. The summed E-state index contributed by atoms with van der Waals surface area (Å²) in [4.78, 5) is 20.3. The average molecular weight is 379 g/mol. The van der Waals surface area contributed by atoms with Gasteiger partial charge in [-0.05, 0) is 43.6 Å². The quantitative estimate of drug-likeness (QED) is 0.739. The minimum Gasteiger partial charge on any atom is -0.465 e. The lowest BCUT2D eigenvalue weighted by Gasteiger charge is -2.32. The minimum atomic E-state index is -2.67. The van der Waals surface area contributed by atoms with E-state index in [0.29, 0.717) is 17.4 Å². The van der Waals surface area contributed by atoms with Crippen LogP contribution < -0.4 is 11.1 Å². The predicted molar refractivity (Wildman–Crippen MR) is 93.4 cm³/mol. The topological polar surface area (TPSA) is 106 Å². The van der Waals surface area contributed by atoms with Gasteiger partial charge in [0.2, 0.25) is 11.7 Å². The molecule has 0 aromatic carbocycles. The Morgan fingerprint density at radius 1 is 1.22 bits per heavy atom. The highest BCUT2D eigenvalue weighted by atomic mass is 19.3. The molecule has 0 radical (unpaired) electrons. The zero-order chi connectivity index (χ0) is 19.2. The van der Waals surface area contributed by atoms with Crippen LogP contribution in [-0.2, 0) is 0 Å². The van der Waals surface area contributed by atoms with E-state index in [1.807, 2.05) is 12.3 Å². The van der Waals surface area contributed by atoms with E-state index < -0.39 is 18.1 Å². The Hall–Kier alpha value is -2.29. The number of fused-ring (bicyclic) bond motifs is 1. The Morgan fingerprint density at radius 2 is 1.89 bits per heavy atom. The van der Waals surface area contributed by atoms with Crippen molar-refractivity contribution < 1.29 is 18.7 Å². The first-order valence-electron chi connectivity index (χ1n) is 9.31. The second kappa shape index (κ2) is 6.70. The highest BCUT2D eigenvalue weighted by molar-refractivity contribution is 5.65. The summed E-state index contributed by atoms with van der Waals surface area (Å²) in [6.07, 6.45) is 4.55. The number of aromatic nitrogens is 3. The van der Waals surface area contributed by atoms with E-state index in [9.17, 15) is 18.7 Å². The molecule has 0 saturated heterocycles. The second-order valence-electron chi connectivity index (χ2n) is 7.71. The number of nitrogens with one attached hydrogen (secondary N) is 1. The molecule has 27 heavy (non-hydrogen) atoms. The molecule has 0 unspecified atom stereocenters. The van der Waals surface area contributed by atoms with Crippen molar-refractivity contribution in [3.05, 3.63) is 29.8 Å². The number of nitrogens with zero attached hydrogens (tertiary/aromatic N) is 3. The summed E-state index contributed by atoms with van der Waals surface area (Å²) in [7, 11) is 0. The zero-order valence-corrected chi connectivity index (χ0v) is 14.8. The summed E-state index contributed by atoms with van der Waals surface area (Å²) in [5.41, 5.74) is 7.47. The number of nitrogens with two attached hydrogens (primary N) is 1. The summed E-state index contributed by atoms with van der Waals surface area (Å²) >= 11 is 0. The van der Waals surface area contributed by atoms with Crippen LogP contribution >= 0.6 is 0 Å². The van der Waals surface area contributed by atoms with Crippen LogP contribution in [0.5, 0.6) is 0 Å². The van der Waals surface area contributed by atoms with Gasteiger partial charge in [0.1, 0.15) is 0 Å². The van der Waals surface area contributed by atoms with Gasteiger partial charge in [0.25, 0.3) is 0 Å². The third kappa shape index (κ3) is 3.87. The van der Waals surface area contributed by atoms with E-state index >= 15 is 0 Å². The van der Waals surface area contributed by atoms with Gasteiger partial charge >= 0.3 is 6.09 Å². The maximum absolute atomic E-state index is 13.5. The lowest BCUT2D eigenvalue weighted by atomic mass is 9.81. The highest BCUT2D eigenvalue weighted by Gasteiger charge is 2.39. The van der Waals surface area contributed by atoms with Gasteiger partial charge in [-0.2, -0.15) is 0 Å². The first-order chi connectivity index (χ1) is 12.8. The largest absolute Gasteiger partial charge is 0.465 e. The van der Waals surface area contributed by atoms with Crippen molar-refractivity contribution in [1.82, 2.24) is 19.7 Å². The van der Waals surface area contributed by atoms with E-state index in [0.717, 1.165) is 18.5 Å². The minimum absolute atomic E-state index is 0.122. The SMILES string of the molecule is N[C@H](c1ccn2cc([C@@H](NC(=O)O)C3CCC(F)(F)CC3)nc2n1)C1CC1. The molecule has 146 valence electrons. The van der Waals surface area contributed by atoms with Crippen molar-refractivity contribution in [3.63, 3.8) is 0 Å². The molecule has 2 fully saturated rings. The molecule has 2 aliphatic carbocycles. The van der Waals surface area contributed by atoms with Crippen LogP contribution in [0.25, 0.3) is 5.78 Å². The summed E-state index contributed by atoms with van der Waals surface area (Å²) in [5, 5.41) is 11.7. The van der Waals surface area contributed by atoms with E-state index in [-0.39, 0.29) is 37.6 Å². The van der Waals surface area contributed by atoms with Gasteiger partial charge in [-0.1, -0.05) is 0 Å². The van der Waals surface area contributed by atoms with Crippen molar-refractivity contribution in [3.8, 4) is 0 Å². The standard InChI is InChI=1S/C18H23F2N5O2/c19-18(20)6-3-11(4-7-18)15(24-17(26)27)13-9-25-8-5-12(22-16(25)23-13)14(21)10-1-2-10/h5,8-11,14-15,24H,1-4,6-7,21H2,(H,26,27)/t14-,15-/m0/s1. The number of alkyl halides is 2. The molecule has 1 amide bonds. The van der Waals surface area contributed by atoms with Gasteiger partial charge < -0.3 is 16.2 Å². The van der Waals surface area contributed by atoms with Crippen molar-refractivity contribution >= 4 is 11.9 Å². The Labute approximate surface area is 155 Å². The van der Waals surface area contributed by atoms with Gasteiger partial charge in [-0.15, -0.1) is 0 Å². The van der Waals surface area contributed by atoms with E-state index in [1.165, 1.54) is 0 Å². The number of carbonyl (C=O) groups is 1. The molecule has 0 spiro atoms. The van der Waals surface area contributed by atoms with Gasteiger partial charge in [0.15, 0.2) is 0 Å². The molecule has 0 aliphatic heterocycles. The number of imidazole rings is 1. The molecule has 0 bridgehead atoms. The van der Waals surface area contributed by atoms with Crippen molar-refractivity contribution in [2.45, 2.75) is 56.5 Å². The third-order valence-electron chi connectivity index (χ3n) is 5.67. The average Bonchev–Trinajstić information content (AvgIpc) is 3.37. The Kier molecular flexibility index (Phi) is 4.49. The van der Waals surface area contributed by atoms with E-state index in [2.05, 4.69) is 15.3 Å². The van der Waals surface area contributed by atoms with Crippen LogP contribution in [0, 0.1) is 11.8 Å². The van der Waals surface area contributed by atoms with E-state index in [4.69, 9.17) is 5.73 Å². The molecule has 2 saturated carbocycles. The molecule has 2 aromatic heterocycles. The molecule has 2 aliphatic rings. The predicted octanol–water partition coefficient (Wildman–Crippen LogP) is 3.27. The first kappa shape index (κ1) is 18.1. The molecule has 2 atom stereocenters. The Bertz CT molecular complexity index is 841. The molecule has 2 heterocycles. The fourth-order valence-corrected chi connectivity index (χ4v) is 3.90. The van der Waals surface area contributed by atoms with Gasteiger partial charge in [0.05, 0.1) is 23.5 Å². The van der Waals surface area contributed by atoms with Crippen molar-refractivity contribution in [2.24, 2.45) is 17.6 Å². The molecule has 4 rings (SSSR count). The van der Waals surface area contributed by atoms with Crippen LogP contribution in [0.15, 0.2) is 18.5 Å². The molecule has 9 heteroatoms. The Balaban J connectivity index is 1.61. The molecular weight excluding hydrogens is 356 g/mol.